The summed E-state index contributed by atoms with van der Waals surface area (Å²) in [5.41, 5.74) is 1.02. The third-order valence-corrected chi connectivity index (χ3v) is 5.67. The van der Waals surface area contributed by atoms with Crippen LogP contribution in [-0.2, 0) is 11.3 Å². The number of carbonyl (C=O) groups is 1. The number of nitrogens with one attached hydrogen (secondary N) is 1. The Kier molecular flexibility index (Phi) is 6.32. The summed E-state index contributed by atoms with van der Waals surface area (Å²) in [6.45, 7) is 2.99. The van der Waals surface area contributed by atoms with Crippen molar-refractivity contribution in [3.8, 4) is 0 Å². The van der Waals surface area contributed by atoms with Crippen LogP contribution in [-0.4, -0.2) is 48.4 Å². The molecule has 1 aromatic carbocycles. The van der Waals surface area contributed by atoms with Gasteiger partial charge >= 0.3 is 6.03 Å². The molecular weight excluding hydrogens is 316 g/mol. The molecule has 2 amide bonds. The first-order chi connectivity index (χ1) is 12.2. The Bertz CT molecular complexity index is 535. The SMILES string of the molecule is O=C(NCc1ccccc1)N1CCC(CO)(CC2CCCCO2)CC1. The number of hydrogen-bond donors (Lipinski definition) is 2. The second-order valence-electron chi connectivity index (χ2n) is 7.48. The third-order valence-electron chi connectivity index (χ3n) is 5.67. The lowest BCUT2D eigenvalue weighted by Crippen LogP contribution is -2.49. The van der Waals surface area contributed by atoms with Crippen LogP contribution < -0.4 is 5.32 Å². The first-order valence-electron chi connectivity index (χ1n) is 9.50. The van der Waals surface area contributed by atoms with E-state index in [2.05, 4.69) is 5.32 Å². The van der Waals surface area contributed by atoms with E-state index in [0.717, 1.165) is 44.3 Å². The van der Waals surface area contributed by atoms with Crippen LogP contribution in [0.1, 0.15) is 44.1 Å². The average Bonchev–Trinajstić information content (AvgIpc) is 2.68. The molecule has 2 saturated heterocycles. The molecule has 0 aliphatic carbocycles. The van der Waals surface area contributed by atoms with Gasteiger partial charge in [0.2, 0.25) is 0 Å². The summed E-state index contributed by atoms with van der Waals surface area (Å²) in [7, 11) is 0. The Morgan fingerprint density at radius 3 is 2.64 bits per heavy atom. The molecule has 2 aliphatic rings. The maximum absolute atomic E-state index is 12.4. The quantitative estimate of drug-likeness (QED) is 0.862. The molecule has 2 aliphatic heterocycles. The van der Waals surface area contributed by atoms with Crippen molar-refractivity contribution in [1.82, 2.24) is 10.2 Å². The summed E-state index contributed by atoms with van der Waals surface area (Å²) in [5.74, 6) is 0. The van der Waals surface area contributed by atoms with Crippen LogP contribution >= 0.6 is 0 Å². The lowest BCUT2D eigenvalue weighted by atomic mass is 9.74. The molecule has 2 fully saturated rings. The predicted molar refractivity (Wildman–Crippen MR) is 97.2 cm³/mol. The van der Waals surface area contributed by atoms with Gasteiger partial charge < -0.3 is 20.1 Å². The minimum Gasteiger partial charge on any atom is -0.396 e. The van der Waals surface area contributed by atoms with Gasteiger partial charge in [0.25, 0.3) is 0 Å². The van der Waals surface area contributed by atoms with Crippen molar-refractivity contribution in [2.45, 2.75) is 51.2 Å². The maximum Gasteiger partial charge on any atom is 0.317 e. The zero-order chi connectivity index (χ0) is 17.5. The molecule has 138 valence electrons. The number of urea groups is 1. The van der Waals surface area contributed by atoms with Crippen molar-refractivity contribution >= 4 is 6.03 Å². The fourth-order valence-electron chi connectivity index (χ4n) is 3.95. The Morgan fingerprint density at radius 1 is 1.24 bits per heavy atom. The first kappa shape index (κ1) is 18.2. The molecular formula is C20H30N2O3. The lowest BCUT2D eigenvalue weighted by Gasteiger charge is -2.43. The third kappa shape index (κ3) is 4.95. The number of aliphatic hydroxyl groups is 1. The number of amides is 2. The number of hydrogen-bond acceptors (Lipinski definition) is 3. The molecule has 25 heavy (non-hydrogen) atoms. The highest BCUT2D eigenvalue weighted by Crippen LogP contribution is 2.38. The number of benzene rings is 1. The molecule has 0 bridgehead atoms. The number of rotatable bonds is 5. The predicted octanol–water partition coefficient (Wildman–Crippen LogP) is 2.93. The van der Waals surface area contributed by atoms with E-state index in [4.69, 9.17) is 4.74 Å². The van der Waals surface area contributed by atoms with Crippen molar-refractivity contribution in [3.63, 3.8) is 0 Å². The maximum atomic E-state index is 12.4. The van der Waals surface area contributed by atoms with Crippen molar-refractivity contribution < 1.29 is 14.6 Å². The number of likely N-dealkylation sites (tertiary alicyclic amines) is 1. The largest absolute Gasteiger partial charge is 0.396 e. The van der Waals surface area contributed by atoms with Gasteiger partial charge in [0, 0.05) is 32.8 Å². The fourth-order valence-corrected chi connectivity index (χ4v) is 3.95. The van der Waals surface area contributed by atoms with Crippen LogP contribution in [0.2, 0.25) is 0 Å². The van der Waals surface area contributed by atoms with Gasteiger partial charge in [-0.05, 0) is 49.5 Å². The minimum absolute atomic E-state index is 0.00990. The van der Waals surface area contributed by atoms with Gasteiger partial charge in [0.1, 0.15) is 0 Å². The van der Waals surface area contributed by atoms with E-state index in [0.29, 0.717) is 19.6 Å². The second kappa shape index (κ2) is 8.68. The Labute approximate surface area is 150 Å². The van der Waals surface area contributed by atoms with Crippen molar-refractivity contribution in [3.05, 3.63) is 35.9 Å². The standard InChI is InChI=1S/C20H30N2O3/c23-16-20(14-18-8-4-5-13-25-18)9-11-22(12-10-20)19(24)21-15-17-6-2-1-3-7-17/h1-3,6-7,18,23H,4-5,8-16H2,(H,21,24). The van der Waals surface area contributed by atoms with Crippen LogP contribution in [0.4, 0.5) is 4.79 Å². The highest BCUT2D eigenvalue weighted by atomic mass is 16.5. The highest BCUT2D eigenvalue weighted by Gasteiger charge is 2.38. The van der Waals surface area contributed by atoms with E-state index in [-0.39, 0.29) is 24.2 Å². The van der Waals surface area contributed by atoms with Crippen LogP contribution in [0.3, 0.4) is 0 Å². The van der Waals surface area contributed by atoms with Crippen LogP contribution in [0.5, 0.6) is 0 Å². The Morgan fingerprint density at radius 2 is 2.00 bits per heavy atom. The average molecular weight is 346 g/mol. The van der Waals surface area contributed by atoms with E-state index >= 15 is 0 Å². The van der Waals surface area contributed by atoms with Crippen LogP contribution in [0.25, 0.3) is 0 Å². The number of nitrogens with zero attached hydrogens (tertiary/aromatic N) is 1. The van der Waals surface area contributed by atoms with Gasteiger partial charge in [0.05, 0.1) is 6.10 Å². The molecule has 1 unspecified atom stereocenters. The number of carbonyl (C=O) groups excluding carboxylic acids is 1. The molecule has 1 aromatic rings. The summed E-state index contributed by atoms with van der Waals surface area (Å²) in [5, 5.41) is 13.0. The molecule has 0 radical (unpaired) electrons. The van der Waals surface area contributed by atoms with Gasteiger partial charge in [-0.2, -0.15) is 0 Å². The van der Waals surface area contributed by atoms with Gasteiger partial charge in [-0.1, -0.05) is 30.3 Å². The lowest BCUT2D eigenvalue weighted by molar-refractivity contribution is -0.0444. The van der Waals surface area contributed by atoms with Crippen molar-refractivity contribution in [2.24, 2.45) is 5.41 Å². The zero-order valence-corrected chi connectivity index (χ0v) is 15.0. The molecule has 0 spiro atoms. The smallest absolute Gasteiger partial charge is 0.317 e. The number of aliphatic hydroxyl groups excluding tert-OH is 1. The van der Waals surface area contributed by atoms with Crippen LogP contribution in [0.15, 0.2) is 30.3 Å². The molecule has 0 saturated carbocycles. The van der Waals surface area contributed by atoms with Gasteiger partial charge in [-0.3, -0.25) is 0 Å². The first-order valence-corrected chi connectivity index (χ1v) is 9.50. The molecule has 3 rings (SSSR count). The fraction of sp³-hybridized carbons (Fsp3) is 0.650. The van der Waals surface area contributed by atoms with E-state index in [1.165, 1.54) is 6.42 Å². The molecule has 1 atom stereocenters. The van der Waals surface area contributed by atoms with E-state index < -0.39 is 0 Å². The highest BCUT2D eigenvalue weighted by molar-refractivity contribution is 5.74. The normalized spacial score (nSPS) is 23.2. The summed E-state index contributed by atoms with van der Waals surface area (Å²) < 4.78 is 5.87. The molecule has 5 nitrogen and oxygen atoms in total. The van der Waals surface area contributed by atoms with E-state index in [9.17, 15) is 9.90 Å². The summed E-state index contributed by atoms with van der Waals surface area (Å²) in [4.78, 5) is 14.3. The summed E-state index contributed by atoms with van der Waals surface area (Å²) >= 11 is 0. The molecule has 5 heteroatoms. The van der Waals surface area contributed by atoms with Crippen molar-refractivity contribution in [1.29, 1.82) is 0 Å². The van der Waals surface area contributed by atoms with Gasteiger partial charge in [-0.25, -0.2) is 4.79 Å². The molecule has 2 heterocycles. The Balaban J connectivity index is 1.46. The zero-order valence-electron chi connectivity index (χ0n) is 15.0. The van der Waals surface area contributed by atoms with Crippen molar-refractivity contribution in [2.75, 3.05) is 26.3 Å². The van der Waals surface area contributed by atoms with E-state index in [1.54, 1.807) is 0 Å². The summed E-state index contributed by atoms with van der Waals surface area (Å²) in [6.07, 6.45) is 6.37. The minimum atomic E-state index is -0.0851. The van der Waals surface area contributed by atoms with Crippen LogP contribution in [0, 0.1) is 5.41 Å². The number of ether oxygens (including phenoxy) is 1. The topological polar surface area (TPSA) is 61.8 Å². The molecule has 0 aromatic heterocycles. The van der Waals surface area contributed by atoms with Gasteiger partial charge in [0.15, 0.2) is 0 Å². The Hall–Kier alpha value is -1.59. The number of piperidine rings is 1. The summed E-state index contributed by atoms with van der Waals surface area (Å²) in [6, 6.07) is 9.94. The monoisotopic (exact) mass is 346 g/mol. The van der Waals surface area contributed by atoms with E-state index in [1.807, 2.05) is 35.2 Å². The molecule has 2 N–H and O–H groups in total. The second-order valence-corrected chi connectivity index (χ2v) is 7.48. The van der Waals surface area contributed by atoms with Gasteiger partial charge in [-0.15, -0.1) is 0 Å².